The maximum atomic E-state index is 14.6. The number of hydrogen-bond acceptors (Lipinski definition) is 17. The topological polar surface area (TPSA) is 248 Å². The number of carbonyl (C=O) groups is 7. The number of ketones is 3. The van der Waals surface area contributed by atoms with Gasteiger partial charge in [0.25, 0.3) is 11.7 Å². The van der Waals surface area contributed by atoms with E-state index < -0.39 is 131 Å². The second-order valence-electron chi connectivity index (χ2n) is 22.9. The zero-order chi connectivity index (χ0) is 58.2. The van der Waals surface area contributed by atoms with Crippen molar-refractivity contribution in [3.8, 4) is 0 Å². The van der Waals surface area contributed by atoms with Crippen molar-refractivity contribution in [2.24, 2.45) is 40.9 Å². The summed E-state index contributed by atoms with van der Waals surface area (Å²) >= 11 is 3.14. The smallest absolute Gasteiger partial charge is 0.329 e. The molecule has 1 saturated carbocycles. The van der Waals surface area contributed by atoms with E-state index in [1.807, 2.05) is 51.2 Å². The lowest BCUT2D eigenvalue weighted by Crippen LogP contribution is -2.61. The average molecular weight is 1170 g/mol. The number of alkyl halides is 1. The number of hydrogen-bond donors (Lipinski definition) is 3. The highest BCUT2D eigenvalue weighted by Crippen LogP contribution is 2.39. The molecule has 1 aliphatic carbocycles. The van der Waals surface area contributed by atoms with Crippen LogP contribution in [0.4, 0.5) is 0 Å². The van der Waals surface area contributed by atoms with Crippen LogP contribution < -0.4 is 0 Å². The molecule has 3 fully saturated rings. The second-order valence-corrected chi connectivity index (χ2v) is 24.3. The molecule has 0 aromatic rings. The molecular weight excluding hydrogens is 1070 g/mol. The molecule has 3 heterocycles. The zero-order valence-electron chi connectivity index (χ0n) is 48.1. The fourth-order valence-corrected chi connectivity index (χ4v) is 11.2. The van der Waals surface area contributed by atoms with Crippen LogP contribution in [-0.4, -0.2) is 162 Å². The molecule has 0 aromatic heterocycles. The summed E-state index contributed by atoms with van der Waals surface area (Å²) in [6.07, 6.45) is 9.39. The number of rotatable bonds is 12. The quantitative estimate of drug-likeness (QED) is 0.0582. The second kappa shape index (κ2) is 30.8. The van der Waals surface area contributed by atoms with Crippen LogP contribution in [0.25, 0.3) is 0 Å². The Kier molecular flexibility index (Phi) is 26.2. The van der Waals surface area contributed by atoms with Gasteiger partial charge in [0.15, 0.2) is 5.78 Å². The maximum absolute atomic E-state index is 14.6. The molecule has 4 aliphatic rings. The molecule has 440 valence electrons. The maximum Gasteiger partial charge on any atom is 0.329 e. The van der Waals surface area contributed by atoms with Crippen molar-refractivity contribution in [1.29, 1.82) is 0 Å². The Labute approximate surface area is 470 Å². The Morgan fingerprint density at radius 2 is 1.59 bits per heavy atom. The third kappa shape index (κ3) is 17.8. The van der Waals surface area contributed by atoms with E-state index in [1.54, 1.807) is 47.8 Å². The number of nitrogens with zero attached hydrogens (tertiary/aromatic N) is 1. The molecule has 4 rings (SSSR count). The molecule has 18 nitrogen and oxygen atoms in total. The number of Topliss-reactive ketones (excluding diaryl/α,β-unsaturated/α-hetero) is 3. The fourth-order valence-electron chi connectivity index (χ4n) is 11.0. The molecule has 2 bridgehead atoms. The average Bonchev–Trinajstić information content (AvgIpc) is 3.48. The molecule has 19 heteroatoms. The fraction of sp³-hybridized carbons (Fsp3) is 0.746. The van der Waals surface area contributed by atoms with Crippen LogP contribution in [0, 0.1) is 40.9 Å². The predicted molar refractivity (Wildman–Crippen MR) is 294 cm³/mol. The minimum atomic E-state index is -2.48. The van der Waals surface area contributed by atoms with Gasteiger partial charge < -0.3 is 53.4 Å². The molecule has 2 saturated heterocycles. The van der Waals surface area contributed by atoms with Gasteiger partial charge >= 0.3 is 17.9 Å². The number of aliphatic hydroxyl groups excluding tert-OH is 2. The number of esters is 3. The molecule has 0 spiro atoms. The number of piperidine rings is 1. The van der Waals surface area contributed by atoms with Gasteiger partial charge in [-0.2, -0.15) is 0 Å². The Morgan fingerprint density at radius 1 is 0.885 bits per heavy atom. The molecule has 1 amide bonds. The minimum absolute atomic E-state index is 0.0150. The van der Waals surface area contributed by atoms with Crippen LogP contribution in [0.15, 0.2) is 47.6 Å². The molecule has 0 aromatic carbocycles. The SMILES string of the molecule is CO[C@H]1C[C@@H]2CC[C@@H](C)[C@@](O)(O2)C(=O)C(=O)N2CCCCC2C(=O)O[C@H]([C@@H](C)C[C@@H]2CC[C@@H](OC(=O)C(C)(CO)COC(=O)C(C)Br)[C@H](OC)C2)CC(=O)[C@H](C)/C=C(\C)[C@@H](O)[C@@H](OC)C(=O)[C@H](C)C[C@H](C)/C=C/C=C/C=C/1C. The zero-order valence-corrected chi connectivity index (χ0v) is 49.7. The van der Waals surface area contributed by atoms with Gasteiger partial charge in [-0.1, -0.05) is 87.0 Å². The number of carbonyl (C=O) groups excluding carboxylic acids is 7. The van der Waals surface area contributed by atoms with Crippen LogP contribution in [0.2, 0.25) is 0 Å². The molecular formula is C59H90BrNO17. The van der Waals surface area contributed by atoms with Crippen LogP contribution in [-0.2, 0) is 66.7 Å². The van der Waals surface area contributed by atoms with E-state index in [-0.39, 0.29) is 49.2 Å². The Balaban J connectivity index is 1.67. The van der Waals surface area contributed by atoms with Crippen LogP contribution in [0.5, 0.6) is 0 Å². The number of allylic oxidation sites excluding steroid dienone is 6. The van der Waals surface area contributed by atoms with Gasteiger partial charge in [-0.3, -0.25) is 28.8 Å². The summed E-state index contributed by atoms with van der Waals surface area (Å²) in [6.45, 7) is 14.5. The highest BCUT2D eigenvalue weighted by Gasteiger charge is 2.53. The van der Waals surface area contributed by atoms with Crippen molar-refractivity contribution in [2.45, 2.75) is 199 Å². The largest absolute Gasteiger partial charge is 0.464 e. The van der Waals surface area contributed by atoms with E-state index in [0.717, 1.165) is 10.5 Å². The van der Waals surface area contributed by atoms with Gasteiger partial charge in [0.05, 0.1) is 24.9 Å². The van der Waals surface area contributed by atoms with Crippen molar-refractivity contribution in [3.05, 3.63) is 47.6 Å². The molecule has 78 heavy (non-hydrogen) atoms. The van der Waals surface area contributed by atoms with Crippen molar-refractivity contribution in [1.82, 2.24) is 4.90 Å². The number of halogens is 1. The summed E-state index contributed by atoms with van der Waals surface area (Å²) in [6, 6.07) is -1.22. The van der Waals surface area contributed by atoms with Gasteiger partial charge in [-0.05, 0) is 121 Å². The summed E-state index contributed by atoms with van der Waals surface area (Å²) < 4.78 is 41.0. The summed E-state index contributed by atoms with van der Waals surface area (Å²) in [7, 11) is 4.42. The number of aliphatic hydroxyl groups is 3. The predicted octanol–water partition coefficient (Wildman–Crippen LogP) is 7.06. The number of cyclic esters (lactones) is 1. The van der Waals surface area contributed by atoms with E-state index >= 15 is 0 Å². The lowest BCUT2D eigenvalue weighted by Gasteiger charge is -2.42. The van der Waals surface area contributed by atoms with E-state index in [9.17, 15) is 48.9 Å². The van der Waals surface area contributed by atoms with E-state index in [0.29, 0.717) is 63.4 Å². The van der Waals surface area contributed by atoms with Gasteiger partial charge in [0.1, 0.15) is 53.1 Å². The van der Waals surface area contributed by atoms with Crippen molar-refractivity contribution >= 4 is 57.1 Å². The van der Waals surface area contributed by atoms with Crippen molar-refractivity contribution in [2.75, 3.05) is 41.1 Å². The molecule has 17 atom stereocenters. The van der Waals surface area contributed by atoms with Crippen molar-refractivity contribution in [3.63, 3.8) is 0 Å². The number of methoxy groups -OCH3 is 3. The lowest BCUT2D eigenvalue weighted by molar-refractivity contribution is -0.265. The summed E-state index contributed by atoms with van der Waals surface area (Å²) in [4.78, 5) is 97.8. The molecule has 0 radical (unpaired) electrons. The highest BCUT2D eigenvalue weighted by atomic mass is 79.9. The van der Waals surface area contributed by atoms with E-state index in [2.05, 4.69) is 15.9 Å². The summed E-state index contributed by atoms with van der Waals surface area (Å²) in [5.41, 5.74) is -0.335. The van der Waals surface area contributed by atoms with E-state index in [4.69, 9.17) is 33.2 Å². The molecule has 3 N–H and O–H groups in total. The number of fused-ring (bicyclic) bond motifs is 3. The number of ether oxygens (including phenoxy) is 7. The van der Waals surface area contributed by atoms with Gasteiger partial charge in [0, 0.05) is 58.5 Å². The normalized spacial score (nSPS) is 36.7. The van der Waals surface area contributed by atoms with Crippen molar-refractivity contribution < 1.29 is 82.0 Å². The monoisotopic (exact) mass is 1160 g/mol. The summed E-state index contributed by atoms with van der Waals surface area (Å²) in [5.74, 6) is -10.1. The lowest BCUT2D eigenvalue weighted by atomic mass is 9.78. The van der Waals surface area contributed by atoms with E-state index in [1.165, 1.54) is 21.1 Å². The summed E-state index contributed by atoms with van der Waals surface area (Å²) in [5, 5.41) is 33.8. The first-order chi connectivity index (χ1) is 36.7. The van der Waals surface area contributed by atoms with Crippen LogP contribution >= 0.6 is 15.9 Å². The number of amides is 1. The first-order valence-electron chi connectivity index (χ1n) is 27.9. The molecule has 3 unspecified atom stereocenters. The standard InChI is InChI=1S/C59H90BrNO17/c1-34-18-14-13-15-19-35(2)47(72-10)30-43-23-21-40(7)59(71,78-43)53(66)54(67)61-25-17-16-20-44(61)56(69)76-48(31-45(63)36(3)27-39(6)51(65)52(74-12)50(64)38(5)26-34)37(4)28-42-22-24-46(49(29-42)73-11)77-57(70)58(9,32-62)33-75-55(68)41(8)60/h13-15,18-19,27,34,36-38,40-44,46-49,51-52,62,65,71H,16-17,20-26,28-33H2,1-12H3/b15-13+,18-14+,35-19+,39-27+/t34-,36-,37+,38-,40-,41?,42+,43+,44?,46-,47+,48+,49-,51-,52+,58?,59-/m1/s1. The Hall–Kier alpha value is -3.95. The Morgan fingerprint density at radius 3 is 2.23 bits per heavy atom. The first kappa shape index (κ1) is 66.6. The van der Waals surface area contributed by atoms with Gasteiger partial charge in [-0.15, -0.1) is 0 Å². The van der Waals surface area contributed by atoms with Gasteiger partial charge in [0.2, 0.25) is 5.79 Å². The third-order valence-electron chi connectivity index (χ3n) is 16.4. The first-order valence-corrected chi connectivity index (χ1v) is 28.8. The van der Waals surface area contributed by atoms with Gasteiger partial charge in [-0.25, -0.2) is 4.79 Å². The minimum Gasteiger partial charge on any atom is -0.464 e. The molecule has 3 aliphatic heterocycles. The Bertz CT molecular complexity index is 2190. The van der Waals surface area contributed by atoms with Crippen LogP contribution in [0.3, 0.4) is 0 Å². The third-order valence-corrected chi connectivity index (χ3v) is 16.8. The van der Waals surface area contributed by atoms with Crippen LogP contribution in [0.1, 0.15) is 139 Å². The highest BCUT2D eigenvalue weighted by molar-refractivity contribution is 9.10.